The molecule has 180 valence electrons. The molecule has 3 rings (SSSR count). The minimum absolute atomic E-state index is 0.00765. The normalized spacial score (nSPS) is 11.8. The van der Waals surface area contributed by atoms with E-state index < -0.39 is 16.0 Å². The Kier molecular flexibility index (Phi) is 8.28. The van der Waals surface area contributed by atoms with Crippen LogP contribution in [0.3, 0.4) is 0 Å². The van der Waals surface area contributed by atoms with E-state index in [0.717, 1.165) is 10.5 Å². The third-order valence-corrected chi connectivity index (χ3v) is 9.00. The lowest BCUT2D eigenvalue weighted by atomic mass is 10.2. The Balaban J connectivity index is 2.03. The highest BCUT2D eigenvalue weighted by molar-refractivity contribution is 7.99. The topological polar surface area (TPSA) is 112 Å². The summed E-state index contributed by atoms with van der Waals surface area (Å²) in [5, 5.41) is 18.8. The zero-order valence-corrected chi connectivity index (χ0v) is 21.3. The number of aliphatic carboxylic acids is 1. The molecule has 8 nitrogen and oxygen atoms in total. The Morgan fingerprint density at radius 2 is 2.06 bits per heavy atom. The molecule has 0 saturated carbocycles. The molecule has 0 aliphatic heterocycles. The van der Waals surface area contributed by atoms with Gasteiger partial charge in [-0.25, -0.2) is 8.42 Å². The van der Waals surface area contributed by atoms with Gasteiger partial charge in [0.1, 0.15) is 4.90 Å². The molecule has 0 radical (unpaired) electrons. The first-order valence-electron chi connectivity index (χ1n) is 10.4. The summed E-state index contributed by atoms with van der Waals surface area (Å²) in [5.41, 5.74) is 2.52. The molecule has 0 aliphatic carbocycles. The lowest BCUT2D eigenvalue weighted by Crippen LogP contribution is -2.33. The van der Waals surface area contributed by atoms with Crippen molar-refractivity contribution in [3.8, 4) is 6.07 Å². The summed E-state index contributed by atoms with van der Waals surface area (Å²) in [5.74, 6) is -0.963. The smallest absolute Gasteiger partial charge is 0.309 e. The van der Waals surface area contributed by atoms with E-state index in [1.165, 1.54) is 29.2 Å². The van der Waals surface area contributed by atoms with Crippen LogP contribution in [0.1, 0.15) is 23.7 Å². The Morgan fingerprint density at radius 1 is 1.32 bits per heavy atom. The maximum atomic E-state index is 13.1. The Bertz CT molecular complexity index is 1380. The summed E-state index contributed by atoms with van der Waals surface area (Å²) < 4.78 is 34.2. The molecule has 34 heavy (non-hydrogen) atoms. The molecule has 0 amide bonds. The number of benzene rings is 1. The Labute approximate surface area is 207 Å². The average molecular weight is 522 g/mol. The van der Waals surface area contributed by atoms with Crippen LogP contribution in [-0.2, 0) is 26.0 Å². The van der Waals surface area contributed by atoms with Crippen molar-refractivity contribution >= 4 is 44.9 Å². The van der Waals surface area contributed by atoms with Gasteiger partial charge in [-0.15, -0.1) is 0 Å². The molecule has 2 heterocycles. The second kappa shape index (κ2) is 10.8. The standard InChI is InChI=1S/C23H24ClN3O5S2/c1-4-26(9-10-32-3)34(30,31)21-6-5-17(12-18(21)24)33-23-15(2)19(13-22(28)29)27-8-7-16(14-25)11-20(23)27/h5-8,11-12H,4,9-10,13H2,1-3H3,(H,28,29). The van der Waals surface area contributed by atoms with E-state index in [9.17, 15) is 23.6 Å². The Hall–Kier alpha value is -2.55. The highest BCUT2D eigenvalue weighted by Gasteiger charge is 2.26. The van der Waals surface area contributed by atoms with E-state index in [2.05, 4.69) is 6.07 Å². The van der Waals surface area contributed by atoms with Gasteiger partial charge in [-0.2, -0.15) is 9.57 Å². The highest BCUT2D eigenvalue weighted by Crippen LogP contribution is 2.39. The van der Waals surface area contributed by atoms with Gasteiger partial charge in [0.15, 0.2) is 0 Å². The molecule has 0 atom stereocenters. The van der Waals surface area contributed by atoms with Crippen LogP contribution in [-0.4, -0.2) is 55.0 Å². The van der Waals surface area contributed by atoms with Crippen LogP contribution in [0, 0.1) is 18.3 Å². The van der Waals surface area contributed by atoms with E-state index in [1.54, 1.807) is 41.8 Å². The first-order valence-corrected chi connectivity index (χ1v) is 13.0. The SMILES string of the molecule is CCN(CCOC)S(=O)(=O)c1ccc(Sc2c(C)c(CC(=O)O)n3ccc(C#N)cc23)cc1Cl. The number of fused-ring (bicyclic) bond motifs is 1. The number of nitrogens with zero attached hydrogens (tertiary/aromatic N) is 3. The van der Waals surface area contributed by atoms with E-state index in [-0.39, 0.29) is 36.0 Å². The van der Waals surface area contributed by atoms with Crippen molar-refractivity contribution in [1.29, 1.82) is 5.26 Å². The number of sulfonamides is 1. The molecule has 1 N–H and O–H groups in total. The van der Waals surface area contributed by atoms with Crippen molar-refractivity contribution in [2.45, 2.75) is 35.0 Å². The fraction of sp³-hybridized carbons (Fsp3) is 0.304. The number of ether oxygens (including phenoxy) is 1. The minimum atomic E-state index is -3.80. The lowest BCUT2D eigenvalue weighted by Gasteiger charge is -2.21. The third-order valence-electron chi connectivity index (χ3n) is 5.34. The fourth-order valence-corrected chi connectivity index (χ4v) is 6.72. The summed E-state index contributed by atoms with van der Waals surface area (Å²) in [7, 11) is -2.29. The molecule has 0 fully saturated rings. The van der Waals surface area contributed by atoms with Crippen molar-refractivity contribution in [3.05, 3.63) is 58.4 Å². The van der Waals surface area contributed by atoms with Crippen LogP contribution in [0.5, 0.6) is 0 Å². The number of hydrogen-bond acceptors (Lipinski definition) is 6. The van der Waals surface area contributed by atoms with E-state index in [1.807, 2.05) is 6.92 Å². The maximum Gasteiger partial charge on any atom is 0.309 e. The number of pyridine rings is 1. The first-order chi connectivity index (χ1) is 16.1. The molecule has 3 aromatic rings. The predicted octanol–water partition coefficient (Wildman–Crippen LogP) is 4.21. The molecular weight excluding hydrogens is 498 g/mol. The average Bonchev–Trinajstić information content (AvgIpc) is 3.04. The quantitative estimate of drug-likeness (QED) is 0.425. The molecule has 2 aromatic heterocycles. The van der Waals surface area contributed by atoms with E-state index in [0.29, 0.717) is 21.7 Å². The zero-order chi connectivity index (χ0) is 25.0. The van der Waals surface area contributed by atoms with Gasteiger partial charge in [0.2, 0.25) is 10.0 Å². The third kappa shape index (κ3) is 5.24. The van der Waals surface area contributed by atoms with E-state index >= 15 is 0 Å². The number of likely N-dealkylation sites (N-methyl/N-ethyl adjacent to an activating group) is 1. The van der Waals surface area contributed by atoms with Crippen LogP contribution < -0.4 is 0 Å². The number of carboxylic acids is 1. The van der Waals surface area contributed by atoms with E-state index in [4.69, 9.17) is 16.3 Å². The molecule has 1 aromatic carbocycles. The molecular formula is C23H24ClN3O5S2. The molecule has 0 saturated heterocycles. The van der Waals surface area contributed by atoms with Crippen LogP contribution in [0.4, 0.5) is 0 Å². The number of methoxy groups -OCH3 is 1. The van der Waals surface area contributed by atoms with Gasteiger partial charge in [-0.05, 0) is 42.8 Å². The first kappa shape index (κ1) is 26.1. The number of rotatable bonds is 10. The van der Waals surface area contributed by atoms with Crippen LogP contribution >= 0.6 is 23.4 Å². The monoisotopic (exact) mass is 521 g/mol. The summed E-state index contributed by atoms with van der Waals surface area (Å²) in [6.07, 6.45) is 1.51. The second-order valence-corrected chi connectivity index (χ2v) is 10.8. The van der Waals surface area contributed by atoms with Gasteiger partial charge >= 0.3 is 5.97 Å². The fourth-order valence-electron chi connectivity index (χ4n) is 3.63. The summed E-state index contributed by atoms with van der Waals surface area (Å²) in [6.45, 7) is 4.34. The van der Waals surface area contributed by atoms with Crippen LogP contribution in [0.2, 0.25) is 5.02 Å². The summed E-state index contributed by atoms with van der Waals surface area (Å²) >= 11 is 7.75. The predicted molar refractivity (Wildman–Crippen MR) is 130 cm³/mol. The summed E-state index contributed by atoms with van der Waals surface area (Å²) in [6, 6.07) is 10.2. The van der Waals surface area contributed by atoms with Gasteiger partial charge < -0.3 is 14.2 Å². The van der Waals surface area contributed by atoms with Crippen molar-refractivity contribution in [2.24, 2.45) is 0 Å². The number of hydrogen-bond donors (Lipinski definition) is 1. The number of aromatic nitrogens is 1. The largest absolute Gasteiger partial charge is 0.481 e. The Morgan fingerprint density at radius 3 is 2.65 bits per heavy atom. The van der Waals surface area contributed by atoms with Crippen molar-refractivity contribution in [2.75, 3.05) is 26.8 Å². The molecule has 0 spiro atoms. The number of nitriles is 1. The second-order valence-electron chi connectivity index (χ2n) is 7.44. The van der Waals surface area contributed by atoms with Gasteiger partial charge in [0, 0.05) is 41.9 Å². The zero-order valence-electron chi connectivity index (χ0n) is 18.9. The molecule has 11 heteroatoms. The molecule has 0 bridgehead atoms. The lowest BCUT2D eigenvalue weighted by molar-refractivity contribution is -0.136. The number of carboxylic acid groups (broad SMARTS) is 1. The van der Waals surface area contributed by atoms with Crippen LogP contribution in [0.15, 0.2) is 51.2 Å². The molecule has 0 aliphatic rings. The molecule has 0 unspecified atom stereocenters. The van der Waals surface area contributed by atoms with Crippen molar-refractivity contribution in [1.82, 2.24) is 8.71 Å². The number of carbonyl (C=O) groups is 1. The van der Waals surface area contributed by atoms with Gasteiger partial charge in [-0.1, -0.05) is 30.3 Å². The minimum Gasteiger partial charge on any atom is -0.481 e. The maximum absolute atomic E-state index is 13.1. The van der Waals surface area contributed by atoms with Crippen molar-refractivity contribution in [3.63, 3.8) is 0 Å². The van der Waals surface area contributed by atoms with Crippen LogP contribution in [0.25, 0.3) is 5.52 Å². The van der Waals surface area contributed by atoms with Gasteiger partial charge in [-0.3, -0.25) is 4.79 Å². The van der Waals surface area contributed by atoms with Gasteiger partial charge in [0.05, 0.1) is 35.2 Å². The summed E-state index contributed by atoms with van der Waals surface area (Å²) in [4.78, 5) is 12.9. The van der Waals surface area contributed by atoms with Gasteiger partial charge in [0.25, 0.3) is 0 Å². The van der Waals surface area contributed by atoms with Crippen molar-refractivity contribution < 1.29 is 23.1 Å². The number of halogens is 1. The highest BCUT2D eigenvalue weighted by atomic mass is 35.5.